The lowest BCUT2D eigenvalue weighted by Gasteiger charge is -2.45. The van der Waals surface area contributed by atoms with Gasteiger partial charge in [0.25, 0.3) is 0 Å². The Morgan fingerprint density at radius 1 is 1.25 bits per heavy atom. The van der Waals surface area contributed by atoms with E-state index in [0.29, 0.717) is 13.1 Å². The normalized spacial score (nSPS) is 19.1. The smallest absolute Gasteiger partial charge is 0.234 e. The van der Waals surface area contributed by atoms with Crippen molar-refractivity contribution in [1.82, 2.24) is 10.2 Å². The highest BCUT2D eigenvalue weighted by atomic mass is 16.2. The van der Waals surface area contributed by atoms with Gasteiger partial charge in [-0.15, -0.1) is 0 Å². The van der Waals surface area contributed by atoms with E-state index in [2.05, 4.69) is 37.9 Å². The first-order valence-electron chi connectivity index (χ1n) is 8.15. The Balaban J connectivity index is 2.68. The van der Waals surface area contributed by atoms with Gasteiger partial charge >= 0.3 is 0 Å². The molecule has 1 fully saturated rings. The minimum Gasteiger partial charge on any atom is -0.350 e. The van der Waals surface area contributed by atoms with Crippen LogP contribution >= 0.6 is 0 Å². The highest BCUT2D eigenvalue weighted by Gasteiger charge is 2.37. The monoisotopic (exact) mass is 283 g/mol. The Morgan fingerprint density at radius 2 is 1.85 bits per heavy atom. The molecule has 1 saturated carbocycles. The fraction of sp³-hybridized carbons (Fsp3) is 0.938. The van der Waals surface area contributed by atoms with Gasteiger partial charge in [0.15, 0.2) is 0 Å². The summed E-state index contributed by atoms with van der Waals surface area (Å²) in [5.41, 5.74) is 5.99. The van der Waals surface area contributed by atoms with Crippen LogP contribution in [0.2, 0.25) is 0 Å². The molecule has 0 aliphatic heterocycles. The van der Waals surface area contributed by atoms with E-state index in [0.717, 1.165) is 25.8 Å². The molecule has 0 aromatic carbocycles. The molecule has 0 aromatic heterocycles. The van der Waals surface area contributed by atoms with Gasteiger partial charge in [-0.05, 0) is 39.7 Å². The number of hydrogen-bond acceptors (Lipinski definition) is 3. The third kappa shape index (κ3) is 4.45. The number of likely N-dealkylation sites (N-methyl/N-ethyl adjacent to an activating group) is 1. The maximum absolute atomic E-state index is 12.3. The van der Waals surface area contributed by atoms with Gasteiger partial charge < -0.3 is 11.1 Å². The van der Waals surface area contributed by atoms with Gasteiger partial charge in [-0.2, -0.15) is 0 Å². The molecule has 0 bridgehead atoms. The maximum Gasteiger partial charge on any atom is 0.234 e. The molecule has 4 nitrogen and oxygen atoms in total. The molecule has 0 unspecified atom stereocenters. The van der Waals surface area contributed by atoms with Crippen LogP contribution in [-0.4, -0.2) is 41.5 Å². The van der Waals surface area contributed by atoms with E-state index in [1.165, 1.54) is 19.3 Å². The first-order valence-corrected chi connectivity index (χ1v) is 8.15. The summed E-state index contributed by atoms with van der Waals surface area (Å²) in [4.78, 5) is 14.6. The van der Waals surface area contributed by atoms with E-state index in [-0.39, 0.29) is 17.0 Å². The van der Waals surface area contributed by atoms with E-state index in [4.69, 9.17) is 5.73 Å². The summed E-state index contributed by atoms with van der Waals surface area (Å²) < 4.78 is 0. The second-order valence-electron chi connectivity index (χ2n) is 6.79. The molecule has 1 rings (SSSR count). The minimum absolute atomic E-state index is 0.0424. The minimum atomic E-state index is -0.126. The summed E-state index contributed by atoms with van der Waals surface area (Å²) in [7, 11) is 0. The number of nitrogens with two attached hydrogens (primary N) is 1. The lowest BCUT2D eigenvalue weighted by Crippen LogP contribution is -2.58. The average molecular weight is 283 g/mol. The predicted molar refractivity (Wildman–Crippen MR) is 84.6 cm³/mol. The lowest BCUT2D eigenvalue weighted by atomic mass is 9.80. The van der Waals surface area contributed by atoms with Crippen molar-refractivity contribution < 1.29 is 4.79 Å². The van der Waals surface area contributed by atoms with Gasteiger partial charge in [0.2, 0.25) is 5.91 Å². The summed E-state index contributed by atoms with van der Waals surface area (Å²) in [5, 5.41) is 3.13. The van der Waals surface area contributed by atoms with E-state index in [1.807, 2.05) is 0 Å². The van der Waals surface area contributed by atoms with Crippen LogP contribution in [0.15, 0.2) is 0 Å². The van der Waals surface area contributed by atoms with Crippen LogP contribution in [0.3, 0.4) is 0 Å². The van der Waals surface area contributed by atoms with Gasteiger partial charge in [-0.3, -0.25) is 9.69 Å². The molecular weight excluding hydrogens is 250 g/mol. The van der Waals surface area contributed by atoms with Crippen molar-refractivity contribution in [3.8, 4) is 0 Å². The topological polar surface area (TPSA) is 58.4 Å². The van der Waals surface area contributed by atoms with Gasteiger partial charge in [-0.25, -0.2) is 0 Å². The number of nitrogens with one attached hydrogen (secondary N) is 1. The second kappa shape index (κ2) is 7.41. The fourth-order valence-electron chi connectivity index (χ4n) is 3.15. The van der Waals surface area contributed by atoms with Crippen LogP contribution in [-0.2, 0) is 4.79 Å². The largest absolute Gasteiger partial charge is 0.350 e. The number of hydrogen-bond donors (Lipinski definition) is 2. The Morgan fingerprint density at radius 3 is 2.30 bits per heavy atom. The molecule has 1 amide bonds. The molecule has 4 heteroatoms. The summed E-state index contributed by atoms with van der Waals surface area (Å²) in [6, 6.07) is 0. The first kappa shape index (κ1) is 17.4. The molecule has 1 aliphatic carbocycles. The number of amides is 1. The van der Waals surface area contributed by atoms with E-state index >= 15 is 0 Å². The molecule has 0 heterocycles. The van der Waals surface area contributed by atoms with Gasteiger partial charge in [0.1, 0.15) is 0 Å². The number of rotatable bonds is 7. The molecule has 3 N–H and O–H groups in total. The average Bonchev–Trinajstić information content (AvgIpc) is 2.45. The number of carbonyl (C=O) groups is 1. The summed E-state index contributed by atoms with van der Waals surface area (Å²) in [5.74, 6) is 0.122. The second-order valence-corrected chi connectivity index (χ2v) is 6.79. The van der Waals surface area contributed by atoms with Crippen LogP contribution in [0.25, 0.3) is 0 Å². The van der Waals surface area contributed by atoms with Crippen LogP contribution < -0.4 is 11.1 Å². The highest BCUT2D eigenvalue weighted by molar-refractivity contribution is 5.78. The summed E-state index contributed by atoms with van der Waals surface area (Å²) in [6.07, 6.45) is 6.95. The SMILES string of the molecule is CCN(CC(=O)NC(C)(C)CC)C1(CN)CCCCC1. The van der Waals surface area contributed by atoms with Crippen molar-refractivity contribution in [3.63, 3.8) is 0 Å². The molecule has 0 atom stereocenters. The van der Waals surface area contributed by atoms with Gasteiger partial charge in [0, 0.05) is 17.6 Å². The Labute approximate surface area is 124 Å². The molecule has 1 aliphatic rings. The van der Waals surface area contributed by atoms with Crippen molar-refractivity contribution in [2.24, 2.45) is 5.73 Å². The zero-order valence-corrected chi connectivity index (χ0v) is 13.8. The molecule has 118 valence electrons. The van der Waals surface area contributed by atoms with E-state index in [9.17, 15) is 4.79 Å². The zero-order chi connectivity index (χ0) is 15.2. The van der Waals surface area contributed by atoms with Crippen molar-refractivity contribution >= 4 is 5.91 Å². The Hall–Kier alpha value is -0.610. The molecule has 0 spiro atoms. The van der Waals surface area contributed by atoms with E-state index < -0.39 is 0 Å². The maximum atomic E-state index is 12.3. The van der Waals surface area contributed by atoms with Gasteiger partial charge in [0.05, 0.1) is 6.54 Å². The number of carbonyl (C=O) groups excluding carboxylic acids is 1. The van der Waals surface area contributed by atoms with E-state index in [1.54, 1.807) is 0 Å². The molecular formula is C16H33N3O. The van der Waals surface area contributed by atoms with Crippen molar-refractivity contribution in [1.29, 1.82) is 0 Å². The predicted octanol–water partition coefficient (Wildman–Crippen LogP) is 2.27. The number of nitrogens with zero attached hydrogens (tertiary/aromatic N) is 1. The molecule has 0 radical (unpaired) electrons. The highest BCUT2D eigenvalue weighted by Crippen LogP contribution is 2.32. The van der Waals surface area contributed by atoms with Crippen molar-refractivity contribution in [2.45, 2.75) is 77.3 Å². The lowest BCUT2D eigenvalue weighted by molar-refractivity contribution is -0.125. The summed E-state index contributed by atoms with van der Waals surface area (Å²) >= 11 is 0. The zero-order valence-electron chi connectivity index (χ0n) is 13.8. The quantitative estimate of drug-likeness (QED) is 0.753. The van der Waals surface area contributed by atoms with Crippen LogP contribution in [0.5, 0.6) is 0 Å². The van der Waals surface area contributed by atoms with Crippen molar-refractivity contribution in [3.05, 3.63) is 0 Å². The standard InChI is InChI=1S/C16H33N3O/c1-5-15(3,4)18-14(20)12-19(6-2)16(13-17)10-8-7-9-11-16/h5-13,17H2,1-4H3,(H,18,20). The Kier molecular flexibility index (Phi) is 6.46. The molecule has 20 heavy (non-hydrogen) atoms. The molecule has 0 aromatic rings. The third-order valence-electron chi connectivity index (χ3n) is 4.91. The van der Waals surface area contributed by atoms with Crippen LogP contribution in [0, 0.1) is 0 Å². The van der Waals surface area contributed by atoms with Crippen LogP contribution in [0.1, 0.15) is 66.2 Å². The van der Waals surface area contributed by atoms with Gasteiger partial charge in [-0.1, -0.05) is 33.1 Å². The third-order valence-corrected chi connectivity index (χ3v) is 4.91. The van der Waals surface area contributed by atoms with Crippen LogP contribution in [0.4, 0.5) is 0 Å². The summed E-state index contributed by atoms with van der Waals surface area (Å²) in [6.45, 7) is 10.4. The van der Waals surface area contributed by atoms with Crippen molar-refractivity contribution in [2.75, 3.05) is 19.6 Å². The Bertz CT molecular complexity index is 309. The fourth-order valence-corrected chi connectivity index (χ4v) is 3.15. The molecule has 0 saturated heterocycles. The first-order chi connectivity index (χ1) is 9.39.